The number of hydrogen-bond donors (Lipinski definition) is 1. The molecule has 30 heavy (non-hydrogen) atoms. The highest BCUT2D eigenvalue weighted by Gasteiger charge is 2.18. The highest BCUT2D eigenvalue weighted by Crippen LogP contribution is 2.28. The van der Waals surface area contributed by atoms with E-state index in [9.17, 15) is 0 Å². The molecule has 1 aromatic carbocycles. The minimum Gasteiger partial charge on any atom is -0.490 e. The summed E-state index contributed by atoms with van der Waals surface area (Å²) in [6.07, 6.45) is 6.92. The van der Waals surface area contributed by atoms with Crippen LogP contribution in [0.4, 0.5) is 0 Å². The molecule has 0 aliphatic carbocycles. The Kier molecular flexibility index (Phi) is 9.61. The summed E-state index contributed by atoms with van der Waals surface area (Å²) in [7, 11) is 0. The smallest absolute Gasteiger partial charge is 0.137 e. The molecule has 1 aliphatic rings. The Hall–Kier alpha value is -1.95. The van der Waals surface area contributed by atoms with E-state index in [-0.39, 0.29) is 0 Å². The van der Waals surface area contributed by atoms with Crippen LogP contribution in [0.1, 0.15) is 50.2 Å². The van der Waals surface area contributed by atoms with Crippen LogP contribution in [0.5, 0.6) is 5.75 Å². The maximum absolute atomic E-state index is 5.89. The van der Waals surface area contributed by atoms with E-state index in [1.54, 1.807) is 0 Å². The molecule has 1 saturated heterocycles. The van der Waals surface area contributed by atoms with E-state index in [4.69, 9.17) is 14.2 Å². The van der Waals surface area contributed by atoms with Crippen LogP contribution in [-0.2, 0) is 16.1 Å². The van der Waals surface area contributed by atoms with Gasteiger partial charge < -0.3 is 19.5 Å². The number of ether oxygens (including phenoxy) is 3. The van der Waals surface area contributed by atoms with E-state index in [0.29, 0.717) is 24.5 Å². The predicted octanol–water partition coefficient (Wildman–Crippen LogP) is 4.58. The lowest BCUT2D eigenvalue weighted by Crippen LogP contribution is -2.46. The summed E-state index contributed by atoms with van der Waals surface area (Å²) in [4.78, 5) is 4.38. The second-order valence-electron chi connectivity index (χ2n) is 8.26. The van der Waals surface area contributed by atoms with Gasteiger partial charge in [-0.05, 0) is 54.8 Å². The molecule has 0 unspecified atom stereocenters. The largest absolute Gasteiger partial charge is 0.490 e. The lowest BCUT2D eigenvalue weighted by atomic mass is 9.88. The molecule has 0 saturated carbocycles. The molecular weight excluding hydrogens is 376 g/mol. The van der Waals surface area contributed by atoms with Gasteiger partial charge in [0.05, 0.1) is 12.8 Å². The van der Waals surface area contributed by atoms with Crippen molar-refractivity contribution in [2.45, 2.75) is 51.7 Å². The maximum Gasteiger partial charge on any atom is 0.137 e. The predicted molar refractivity (Wildman–Crippen MR) is 120 cm³/mol. The lowest BCUT2D eigenvalue weighted by Gasteiger charge is -2.27. The molecule has 0 spiro atoms. The first-order chi connectivity index (χ1) is 14.7. The summed E-state index contributed by atoms with van der Waals surface area (Å²) < 4.78 is 17.4. The van der Waals surface area contributed by atoms with Crippen LogP contribution in [-0.4, -0.2) is 44.0 Å². The molecule has 3 atom stereocenters. The summed E-state index contributed by atoms with van der Waals surface area (Å²) in [6, 6.07) is 12.9. The van der Waals surface area contributed by atoms with Crippen LogP contribution in [0.15, 0.2) is 48.8 Å². The number of rotatable bonds is 14. The Balaban J connectivity index is 1.26. The fourth-order valence-corrected chi connectivity index (χ4v) is 3.43. The van der Waals surface area contributed by atoms with E-state index >= 15 is 0 Å². The summed E-state index contributed by atoms with van der Waals surface area (Å²) >= 11 is 0. The van der Waals surface area contributed by atoms with Crippen molar-refractivity contribution in [3.63, 3.8) is 0 Å². The third-order valence-electron chi connectivity index (χ3n) is 5.90. The third kappa shape index (κ3) is 7.71. The van der Waals surface area contributed by atoms with Gasteiger partial charge in [-0.2, -0.15) is 0 Å². The van der Waals surface area contributed by atoms with Crippen molar-refractivity contribution in [2.24, 2.45) is 5.92 Å². The first-order valence-corrected chi connectivity index (χ1v) is 11.2. The standard InChI is InChI=1S/C25H36N2O3/c1-20(10-14-28-12-6-13-29-18-22-7-4-3-5-8-22)21(2)23-15-25(17-26-16-23)30-19-24-9-11-27-24/h3-5,7-8,15-17,20-21,24,27H,6,9-14,18-19H2,1-2H3/t20-,21+,24+/m1/s1. The van der Waals surface area contributed by atoms with Gasteiger partial charge in [0.2, 0.25) is 0 Å². The molecule has 5 heteroatoms. The van der Waals surface area contributed by atoms with Crippen LogP contribution >= 0.6 is 0 Å². The van der Waals surface area contributed by atoms with Gasteiger partial charge in [-0.25, -0.2) is 0 Å². The molecule has 3 rings (SSSR count). The molecule has 0 amide bonds. The molecule has 2 heterocycles. The quantitative estimate of drug-likeness (QED) is 0.461. The van der Waals surface area contributed by atoms with Gasteiger partial charge in [0.1, 0.15) is 12.4 Å². The number of nitrogens with one attached hydrogen (secondary N) is 1. The fourth-order valence-electron chi connectivity index (χ4n) is 3.43. The Morgan fingerprint density at radius 2 is 1.87 bits per heavy atom. The van der Waals surface area contributed by atoms with Gasteiger partial charge >= 0.3 is 0 Å². The van der Waals surface area contributed by atoms with Crippen LogP contribution < -0.4 is 10.1 Å². The van der Waals surface area contributed by atoms with Gasteiger partial charge in [0.25, 0.3) is 0 Å². The molecular formula is C25H36N2O3. The van der Waals surface area contributed by atoms with Gasteiger partial charge in [-0.3, -0.25) is 4.98 Å². The van der Waals surface area contributed by atoms with Gasteiger partial charge in [0.15, 0.2) is 0 Å². The van der Waals surface area contributed by atoms with Crippen molar-refractivity contribution in [3.05, 3.63) is 59.9 Å². The van der Waals surface area contributed by atoms with E-state index in [1.165, 1.54) is 17.5 Å². The number of aromatic nitrogens is 1. The van der Waals surface area contributed by atoms with Crippen molar-refractivity contribution in [1.82, 2.24) is 10.3 Å². The van der Waals surface area contributed by atoms with Crippen molar-refractivity contribution < 1.29 is 14.2 Å². The molecule has 5 nitrogen and oxygen atoms in total. The second kappa shape index (κ2) is 12.7. The van der Waals surface area contributed by atoms with Crippen molar-refractivity contribution >= 4 is 0 Å². The first kappa shape index (κ1) is 22.7. The van der Waals surface area contributed by atoms with E-state index in [2.05, 4.69) is 42.3 Å². The maximum atomic E-state index is 5.89. The van der Waals surface area contributed by atoms with Crippen molar-refractivity contribution in [2.75, 3.05) is 33.0 Å². The minimum absolute atomic E-state index is 0.417. The van der Waals surface area contributed by atoms with Gasteiger partial charge in [-0.1, -0.05) is 44.2 Å². The van der Waals surface area contributed by atoms with Crippen LogP contribution in [0, 0.1) is 5.92 Å². The first-order valence-electron chi connectivity index (χ1n) is 11.2. The molecule has 1 aromatic heterocycles. The zero-order valence-corrected chi connectivity index (χ0v) is 18.4. The van der Waals surface area contributed by atoms with Crippen molar-refractivity contribution in [1.29, 1.82) is 0 Å². The van der Waals surface area contributed by atoms with Gasteiger partial charge in [-0.15, -0.1) is 0 Å². The van der Waals surface area contributed by atoms with Crippen molar-refractivity contribution in [3.8, 4) is 5.75 Å². The highest BCUT2D eigenvalue weighted by atomic mass is 16.5. The molecule has 0 radical (unpaired) electrons. The number of pyridine rings is 1. The molecule has 0 bridgehead atoms. The lowest BCUT2D eigenvalue weighted by molar-refractivity contribution is 0.0706. The van der Waals surface area contributed by atoms with Crippen LogP contribution in [0.25, 0.3) is 0 Å². The Morgan fingerprint density at radius 3 is 2.63 bits per heavy atom. The Labute approximate surface area is 181 Å². The molecule has 164 valence electrons. The average Bonchev–Trinajstić information content (AvgIpc) is 2.74. The van der Waals surface area contributed by atoms with Crippen LogP contribution in [0.3, 0.4) is 0 Å². The monoisotopic (exact) mass is 412 g/mol. The van der Waals surface area contributed by atoms with Crippen LogP contribution in [0.2, 0.25) is 0 Å². The number of hydrogen-bond acceptors (Lipinski definition) is 5. The number of benzene rings is 1. The molecule has 1 N–H and O–H groups in total. The zero-order valence-electron chi connectivity index (χ0n) is 18.4. The third-order valence-corrected chi connectivity index (χ3v) is 5.90. The van der Waals surface area contributed by atoms with Gasteiger partial charge in [0, 0.05) is 32.1 Å². The summed E-state index contributed by atoms with van der Waals surface area (Å²) in [5.41, 5.74) is 2.45. The van der Waals surface area contributed by atoms with E-state index < -0.39 is 0 Å². The fraction of sp³-hybridized carbons (Fsp3) is 0.560. The SMILES string of the molecule is C[C@H](CCOCCCOCc1ccccc1)[C@H](C)c1cncc(OC[C@@H]2CCN2)c1. The second-order valence-corrected chi connectivity index (χ2v) is 8.26. The molecule has 1 fully saturated rings. The zero-order chi connectivity index (χ0) is 21.0. The topological polar surface area (TPSA) is 52.6 Å². The summed E-state index contributed by atoms with van der Waals surface area (Å²) in [6.45, 7) is 9.29. The Morgan fingerprint density at radius 1 is 1.07 bits per heavy atom. The normalized spacial score (nSPS) is 17.9. The highest BCUT2D eigenvalue weighted by molar-refractivity contribution is 5.26. The Bertz CT molecular complexity index is 721. The average molecular weight is 413 g/mol. The van der Waals surface area contributed by atoms with E-state index in [1.807, 2.05) is 30.6 Å². The molecule has 2 aromatic rings. The molecule has 1 aliphatic heterocycles. The minimum atomic E-state index is 0.417. The van der Waals surface area contributed by atoms with E-state index in [0.717, 1.165) is 51.6 Å². The summed E-state index contributed by atoms with van der Waals surface area (Å²) in [5, 5.41) is 3.36. The summed E-state index contributed by atoms with van der Waals surface area (Å²) in [5.74, 6) is 1.80. The number of nitrogens with zero attached hydrogens (tertiary/aromatic N) is 1.